The topological polar surface area (TPSA) is 54.5 Å². The van der Waals surface area contributed by atoms with E-state index < -0.39 is 0 Å². The summed E-state index contributed by atoms with van der Waals surface area (Å²) in [5.74, 6) is 0.805. The number of nitrogens with zero attached hydrogens (tertiary/aromatic N) is 2. The normalized spacial score (nSPS) is 15.7. The van der Waals surface area contributed by atoms with Gasteiger partial charge >= 0.3 is 0 Å². The Kier molecular flexibility index (Phi) is 5.66. The SMILES string of the molecule is CCC(NC(=O)c1ccc(N2CCOCC2)nc1)c1ccc(C)cc1. The molecule has 1 unspecified atom stereocenters. The molecule has 3 rings (SSSR count). The molecule has 25 heavy (non-hydrogen) atoms. The van der Waals surface area contributed by atoms with Crippen LogP contribution in [0.1, 0.15) is 40.9 Å². The molecule has 2 heterocycles. The highest BCUT2D eigenvalue weighted by Gasteiger charge is 2.16. The van der Waals surface area contributed by atoms with E-state index in [9.17, 15) is 4.79 Å². The molecule has 1 saturated heterocycles. The summed E-state index contributed by atoms with van der Waals surface area (Å²) >= 11 is 0. The van der Waals surface area contributed by atoms with Crippen molar-refractivity contribution in [3.8, 4) is 0 Å². The molecular weight excluding hydrogens is 314 g/mol. The quantitative estimate of drug-likeness (QED) is 0.909. The van der Waals surface area contributed by atoms with E-state index >= 15 is 0 Å². The van der Waals surface area contributed by atoms with Crippen LogP contribution in [0.4, 0.5) is 5.82 Å². The first kappa shape index (κ1) is 17.4. The maximum Gasteiger partial charge on any atom is 0.253 e. The van der Waals surface area contributed by atoms with Crippen LogP contribution in [-0.4, -0.2) is 37.2 Å². The van der Waals surface area contributed by atoms with Gasteiger partial charge in [-0.1, -0.05) is 36.8 Å². The number of ether oxygens (including phenoxy) is 1. The van der Waals surface area contributed by atoms with Crippen molar-refractivity contribution in [2.75, 3.05) is 31.2 Å². The van der Waals surface area contributed by atoms with Gasteiger partial charge in [0.2, 0.25) is 0 Å². The van der Waals surface area contributed by atoms with Gasteiger partial charge in [0.05, 0.1) is 24.8 Å². The molecule has 0 spiro atoms. The molecule has 1 atom stereocenters. The number of hydrogen-bond acceptors (Lipinski definition) is 4. The van der Waals surface area contributed by atoms with Gasteiger partial charge in [-0.3, -0.25) is 4.79 Å². The second kappa shape index (κ2) is 8.12. The molecule has 1 aromatic carbocycles. The minimum absolute atomic E-state index is 0.00650. The summed E-state index contributed by atoms with van der Waals surface area (Å²) in [6.45, 7) is 7.25. The summed E-state index contributed by atoms with van der Waals surface area (Å²) in [6, 6.07) is 12.0. The zero-order chi connectivity index (χ0) is 17.6. The van der Waals surface area contributed by atoms with E-state index in [0.29, 0.717) is 5.56 Å². The van der Waals surface area contributed by atoms with E-state index in [4.69, 9.17) is 4.74 Å². The van der Waals surface area contributed by atoms with Crippen LogP contribution < -0.4 is 10.2 Å². The summed E-state index contributed by atoms with van der Waals surface area (Å²) < 4.78 is 5.36. The minimum atomic E-state index is -0.0894. The Balaban J connectivity index is 1.66. The number of aryl methyl sites for hydroxylation is 1. The molecule has 1 amide bonds. The first-order valence-electron chi connectivity index (χ1n) is 8.83. The van der Waals surface area contributed by atoms with Crippen molar-refractivity contribution in [2.24, 2.45) is 0 Å². The van der Waals surface area contributed by atoms with Crippen LogP contribution in [0.3, 0.4) is 0 Å². The number of hydrogen-bond donors (Lipinski definition) is 1. The Labute approximate surface area is 149 Å². The van der Waals surface area contributed by atoms with Crippen molar-refractivity contribution >= 4 is 11.7 Å². The van der Waals surface area contributed by atoms with Crippen LogP contribution in [0.5, 0.6) is 0 Å². The molecule has 0 aliphatic carbocycles. The molecule has 1 aliphatic rings. The number of aromatic nitrogens is 1. The number of rotatable bonds is 5. The maximum atomic E-state index is 12.6. The first-order valence-corrected chi connectivity index (χ1v) is 8.83. The van der Waals surface area contributed by atoms with Gasteiger partial charge in [-0.2, -0.15) is 0 Å². The number of carbonyl (C=O) groups is 1. The lowest BCUT2D eigenvalue weighted by molar-refractivity contribution is 0.0935. The molecule has 0 saturated carbocycles. The fourth-order valence-corrected chi connectivity index (χ4v) is 2.96. The van der Waals surface area contributed by atoms with Gasteiger partial charge in [-0.25, -0.2) is 4.98 Å². The number of pyridine rings is 1. The van der Waals surface area contributed by atoms with Crippen LogP contribution in [-0.2, 0) is 4.74 Å². The molecule has 0 bridgehead atoms. The van der Waals surface area contributed by atoms with Gasteiger partial charge in [-0.15, -0.1) is 0 Å². The van der Waals surface area contributed by atoms with Crippen molar-refractivity contribution in [3.05, 3.63) is 59.3 Å². The standard InChI is InChI=1S/C20H25N3O2/c1-3-18(16-6-4-15(2)5-7-16)22-20(24)17-8-9-19(21-14-17)23-10-12-25-13-11-23/h4-9,14,18H,3,10-13H2,1-2H3,(H,22,24). The van der Waals surface area contributed by atoms with Crippen LogP contribution in [0, 0.1) is 6.92 Å². The van der Waals surface area contributed by atoms with Crippen molar-refractivity contribution in [1.29, 1.82) is 0 Å². The molecule has 5 nitrogen and oxygen atoms in total. The summed E-state index contributed by atoms with van der Waals surface area (Å²) in [6.07, 6.45) is 2.50. The maximum absolute atomic E-state index is 12.6. The molecule has 5 heteroatoms. The van der Waals surface area contributed by atoms with Gasteiger partial charge in [0.15, 0.2) is 0 Å². The number of benzene rings is 1. The van der Waals surface area contributed by atoms with Crippen molar-refractivity contribution in [1.82, 2.24) is 10.3 Å². The number of morpholine rings is 1. The molecule has 2 aromatic rings. The van der Waals surface area contributed by atoms with E-state index in [1.165, 1.54) is 5.56 Å². The van der Waals surface area contributed by atoms with Crippen LogP contribution in [0.15, 0.2) is 42.6 Å². The third kappa shape index (κ3) is 4.37. The van der Waals surface area contributed by atoms with E-state index in [-0.39, 0.29) is 11.9 Å². The van der Waals surface area contributed by atoms with Gasteiger partial charge in [-0.05, 0) is 31.0 Å². The van der Waals surface area contributed by atoms with Gasteiger partial charge in [0.1, 0.15) is 5.82 Å². The fourth-order valence-electron chi connectivity index (χ4n) is 2.96. The summed E-state index contributed by atoms with van der Waals surface area (Å²) in [5, 5.41) is 3.11. The van der Waals surface area contributed by atoms with Gasteiger partial charge < -0.3 is 15.0 Å². The molecule has 1 aliphatic heterocycles. The number of nitrogens with one attached hydrogen (secondary N) is 1. The second-order valence-corrected chi connectivity index (χ2v) is 6.35. The summed E-state index contributed by atoms with van der Waals surface area (Å²) in [5.41, 5.74) is 2.93. The highest BCUT2D eigenvalue weighted by Crippen LogP contribution is 2.18. The third-order valence-electron chi connectivity index (χ3n) is 4.54. The molecule has 1 aromatic heterocycles. The Morgan fingerprint density at radius 1 is 1.20 bits per heavy atom. The van der Waals surface area contributed by atoms with Crippen LogP contribution >= 0.6 is 0 Å². The Morgan fingerprint density at radius 3 is 2.52 bits per heavy atom. The highest BCUT2D eigenvalue weighted by atomic mass is 16.5. The van der Waals surface area contributed by atoms with Crippen molar-refractivity contribution in [2.45, 2.75) is 26.3 Å². The minimum Gasteiger partial charge on any atom is -0.378 e. The van der Waals surface area contributed by atoms with E-state index in [1.807, 2.05) is 12.1 Å². The lowest BCUT2D eigenvalue weighted by Crippen LogP contribution is -2.36. The fraction of sp³-hybridized carbons (Fsp3) is 0.400. The molecular formula is C20H25N3O2. The zero-order valence-electron chi connectivity index (χ0n) is 14.9. The largest absolute Gasteiger partial charge is 0.378 e. The summed E-state index contributed by atoms with van der Waals surface area (Å²) in [7, 11) is 0. The average Bonchev–Trinajstić information content (AvgIpc) is 2.67. The lowest BCUT2D eigenvalue weighted by atomic mass is 10.0. The van der Waals surface area contributed by atoms with Gasteiger partial charge in [0.25, 0.3) is 5.91 Å². The van der Waals surface area contributed by atoms with Crippen LogP contribution in [0.2, 0.25) is 0 Å². The predicted octanol–water partition coefficient (Wildman–Crippen LogP) is 3.11. The third-order valence-corrected chi connectivity index (χ3v) is 4.54. The van der Waals surface area contributed by atoms with Crippen LogP contribution in [0.25, 0.3) is 0 Å². The van der Waals surface area contributed by atoms with E-state index in [1.54, 1.807) is 6.20 Å². The molecule has 1 fully saturated rings. The smallest absolute Gasteiger partial charge is 0.253 e. The Hall–Kier alpha value is -2.40. The first-order chi connectivity index (χ1) is 12.2. The highest BCUT2D eigenvalue weighted by molar-refractivity contribution is 5.94. The van der Waals surface area contributed by atoms with Crippen molar-refractivity contribution < 1.29 is 9.53 Å². The Bertz CT molecular complexity index is 692. The van der Waals surface area contributed by atoms with Gasteiger partial charge in [0, 0.05) is 19.3 Å². The number of carbonyl (C=O) groups excluding carboxylic acids is 1. The van der Waals surface area contributed by atoms with E-state index in [2.05, 4.69) is 53.3 Å². The average molecular weight is 339 g/mol. The number of anilines is 1. The zero-order valence-corrected chi connectivity index (χ0v) is 14.9. The second-order valence-electron chi connectivity index (χ2n) is 6.35. The lowest BCUT2D eigenvalue weighted by Gasteiger charge is -2.27. The monoisotopic (exact) mass is 339 g/mol. The van der Waals surface area contributed by atoms with E-state index in [0.717, 1.165) is 44.1 Å². The molecule has 132 valence electrons. The molecule has 1 N–H and O–H groups in total. The summed E-state index contributed by atoms with van der Waals surface area (Å²) in [4.78, 5) is 19.2. The number of amides is 1. The predicted molar refractivity (Wildman–Crippen MR) is 98.9 cm³/mol. The molecule has 0 radical (unpaired) electrons. The Morgan fingerprint density at radius 2 is 1.92 bits per heavy atom. The van der Waals surface area contributed by atoms with Crippen molar-refractivity contribution in [3.63, 3.8) is 0 Å².